The maximum atomic E-state index is 12.7. The third kappa shape index (κ3) is 5.13. The van der Waals surface area contributed by atoms with Gasteiger partial charge in [-0.3, -0.25) is 9.59 Å². The zero-order chi connectivity index (χ0) is 19.2. The molecule has 27 heavy (non-hydrogen) atoms. The Hall–Kier alpha value is -2.27. The Balaban J connectivity index is 1.65. The number of carbonyl (C=O) groups is 2. The molecule has 0 aromatic heterocycles. The second kappa shape index (κ2) is 9.09. The molecular formula is C22H26N2O2S. The van der Waals surface area contributed by atoms with E-state index in [0.717, 1.165) is 36.5 Å². The summed E-state index contributed by atoms with van der Waals surface area (Å²) in [7, 11) is 0. The molecule has 0 atom stereocenters. The first-order valence-corrected chi connectivity index (χ1v) is 10.4. The van der Waals surface area contributed by atoms with Crippen LogP contribution in [0.2, 0.25) is 0 Å². The highest BCUT2D eigenvalue weighted by atomic mass is 32.2. The van der Waals surface area contributed by atoms with Gasteiger partial charge in [-0.2, -0.15) is 0 Å². The van der Waals surface area contributed by atoms with Crippen LogP contribution in [0.25, 0.3) is 0 Å². The van der Waals surface area contributed by atoms with Crippen LogP contribution in [0.1, 0.15) is 48.5 Å². The van der Waals surface area contributed by atoms with Crippen LogP contribution in [0.5, 0.6) is 0 Å². The standard InChI is InChI=1S/C22H26N2O2S/c1-16(2)17-9-11-18(12-10-17)23-22(26)19-7-3-4-8-20(19)27-15-21(25)24-13-5-6-14-24/h3-4,7-12,16H,5-6,13-15H2,1-2H3,(H,23,26). The largest absolute Gasteiger partial charge is 0.342 e. The van der Waals surface area contributed by atoms with Gasteiger partial charge in [0, 0.05) is 23.7 Å². The summed E-state index contributed by atoms with van der Waals surface area (Å²) in [4.78, 5) is 27.8. The molecule has 2 amide bonds. The molecule has 1 heterocycles. The molecule has 2 aromatic rings. The summed E-state index contributed by atoms with van der Waals surface area (Å²) in [5.41, 5.74) is 2.62. The Morgan fingerprint density at radius 2 is 1.70 bits per heavy atom. The first kappa shape index (κ1) is 19.5. The molecule has 1 aliphatic heterocycles. The normalized spacial score (nSPS) is 13.8. The Kier molecular flexibility index (Phi) is 6.56. The van der Waals surface area contributed by atoms with E-state index in [1.807, 2.05) is 47.4 Å². The average molecular weight is 383 g/mol. The summed E-state index contributed by atoms with van der Waals surface area (Å²) in [6.45, 7) is 6.00. The molecular weight excluding hydrogens is 356 g/mol. The van der Waals surface area contributed by atoms with Crippen LogP contribution >= 0.6 is 11.8 Å². The molecule has 0 saturated carbocycles. The molecule has 0 aliphatic carbocycles. The fourth-order valence-electron chi connectivity index (χ4n) is 3.13. The summed E-state index contributed by atoms with van der Waals surface area (Å²) in [6.07, 6.45) is 2.18. The van der Waals surface area contributed by atoms with E-state index in [0.29, 0.717) is 17.2 Å². The van der Waals surface area contributed by atoms with Crippen molar-refractivity contribution in [3.63, 3.8) is 0 Å². The minimum Gasteiger partial charge on any atom is -0.342 e. The second-order valence-electron chi connectivity index (χ2n) is 7.10. The number of thioether (sulfide) groups is 1. The lowest BCUT2D eigenvalue weighted by atomic mass is 10.0. The van der Waals surface area contributed by atoms with Crippen LogP contribution in [-0.4, -0.2) is 35.6 Å². The predicted octanol–water partition coefficient (Wildman–Crippen LogP) is 4.78. The maximum Gasteiger partial charge on any atom is 0.256 e. The first-order valence-electron chi connectivity index (χ1n) is 9.45. The lowest BCUT2D eigenvalue weighted by molar-refractivity contribution is -0.127. The van der Waals surface area contributed by atoms with Gasteiger partial charge in [0.25, 0.3) is 5.91 Å². The van der Waals surface area contributed by atoms with Gasteiger partial charge in [-0.05, 0) is 48.6 Å². The number of anilines is 1. The number of hydrogen-bond donors (Lipinski definition) is 1. The third-order valence-electron chi connectivity index (χ3n) is 4.78. The fourth-order valence-corrected chi connectivity index (χ4v) is 4.08. The van der Waals surface area contributed by atoms with Crippen LogP contribution in [0.15, 0.2) is 53.4 Å². The van der Waals surface area contributed by atoms with Gasteiger partial charge in [-0.25, -0.2) is 0 Å². The van der Waals surface area contributed by atoms with Crippen molar-refractivity contribution in [3.05, 3.63) is 59.7 Å². The van der Waals surface area contributed by atoms with Crippen molar-refractivity contribution < 1.29 is 9.59 Å². The molecule has 4 nitrogen and oxygen atoms in total. The Morgan fingerprint density at radius 1 is 1.04 bits per heavy atom. The third-order valence-corrected chi connectivity index (χ3v) is 5.84. The number of amides is 2. The van der Waals surface area contributed by atoms with Crippen LogP contribution in [0.3, 0.4) is 0 Å². The van der Waals surface area contributed by atoms with E-state index < -0.39 is 0 Å². The SMILES string of the molecule is CC(C)c1ccc(NC(=O)c2ccccc2SCC(=O)N2CCCC2)cc1. The Labute approximate surface area is 165 Å². The molecule has 1 saturated heterocycles. The monoisotopic (exact) mass is 382 g/mol. The van der Waals surface area contributed by atoms with E-state index >= 15 is 0 Å². The lowest BCUT2D eigenvalue weighted by Gasteiger charge is -2.15. The van der Waals surface area contributed by atoms with Crippen LogP contribution in [0.4, 0.5) is 5.69 Å². The van der Waals surface area contributed by atoms with Gasteiger partial charge in [0.05, 0.1) is 11.3 Å². The van der Waals surface area contributed by atoms with Crippen LogP contribution in [-0.2, 0) is 4.79 Å². The summed E-state index contributed by atoms with van der Waals surface area (Å²) in [6, 6.07) is 15.4. The molecule has 1 fully saturated rings. The zero-order valence-electron chi connectivity index (χ0n) is 15.9. The Bertz CT molecular complexity index is 796. The highest BCUT2D eigenvalue weighted by molar-refractivity contribution is 8.00. The van der Waals surface area contributed by atoms with E-state index in [-0.39, 0.29) is 11.8 Å². The first-order chi connectivity index (χ1) is 13.0. The minimum atomic E-state index is -0.149. The number of benzene rings is 2. The summed E-state index contributed by atoms with van der Waals surface area (Å²) in [5.74, 6) is 0.828. The topological polar surface area (TPSA) is 49.4 Å². The minimum absolute atomic E-state index is 0.149. The van der Waals surface area contributed by atoms with E-state index in [1.54, 1.807) is 6.07 Å². The number of carbonyl (C=O) groups excluding carboxylic acids is 2. The van der Waals surface area contributed by atoms with Gasteiger partial charge >= 0.3 is 0 Å². The smallest absolute Gasteiger partial charge is 0.256 e. The molecule has 0 bridgehead atoms. The summed E-state index contributed by atoms with van der Waals surface area (Å²) < 4.78 is 0. The van der Waals surface area contributed by atoms with E-state index in [1.165, 1.54) is 17.3 Å². The van der Waals surface area contributed by atoms with Gasteiger partial charge in [-0.1, -0.05) is 38.1 Å². The van der Waals surface area contributed by atoms with E-state index in [4.69, 9.17) is 0 Å². The van der Waals surface area contributed by atoms with Crippen molar-refractivity contribution in [3.8, 4) is 0 Å². The van der Waals surface area contributed by atoms with Crippen LogP contribution in [0, 0.1) is 0 Å². The predicted molar refractivity (Wildman–Crippen MR) is 111 cm³/mol. The molecule has 142 valence electrons. The summed E-state index contributed by atoms with van der Waals surface area (Å²) in [5, 5.41) is 2.96. The molecule has 0 spiro atoms. The summed E-state index contributed by atoms with van der Waals surface area (Å²) >= 11 is 1.44. The highest BCUT2D eigenvalue weighted by Crippen LogP contribution is 2.25. The van der Waals surface area contributed by atoms with Gasteiger partial charge < -0.3 is 10.2 Å². The van der Waals surface area contributed by atoms with Gasteiger partial charge in [0.15, 0.2) is 0 Å². The molecule has 3 rings (SSSR count). The van der Waals surface area contributed by atoms with Crippen molar-refractivity contribution in [1.82, 2.24) is 4.90 Å². The van der Waals surface area contributed by atoms with Crippen molar-refractivity contribution in [2.45, 2.75) is 37.5 Å². The fraction of sp³-hybridized carbons (Fsp3) is 0.364. The van der Waals surface area contributed by atoms with Crippen LogP contribution < -0.4 is 5.32 Å². The van der Waals surface area contributed by atoms with Gasteiger partial charge in [0.1, 0.15) is 0 Å². The van der Waals surface area contributed by atoms with E-state index in [9.17, 15) is 9.59 Å². The molecule has 0 radical (unpaired) electrons. The number of likely N-dealkylation sites (tertiary alicyclic amines) is 1. The zero-order valence-corrected chi connectivity index (χ0v) is 16.7. The van der Waals surface area contributed by atoms with E-state index in [2.05, 4.69) is 19.2 Å². The number of nitrogens with one attached hydrogen (secondary N) is 1. The number of nitrogens with zero attached hydrogens (tertiary/aromatic N) is 1. The van der Waals surface area contributed by atoms with Gasteiger partial charge in [-0.15, -0.1) is 11.8 Å². The highest BCUT2D eigenvalue weighted by Gasteiger charge is 2.19. The molecule has 1 aliphatic rings. The van der Waals surface area contributed by atoms with Crippen molar-refractivity contribution in [2.24, 2.45) is 0 Å². The number of rotatable bonds is 6. The second-order valence-corrected chi connectivity index (χ2v) is 8.12. The quantitative estimate of drug-likeness (QED) is 0.732. The molecule has 2 aromatic carbocycles. The average Bonchev–Trinajstić information content (AvgIpc) is 3.21. The molecule has 0 unspecified atom stereocenters. The molecule has 5 heteroatoms. The van der Waals surface area contributed by atoms with Gasteiger partial charge in [0.2, 0.25) is 5.91 Å². The van der Waals surface area contributed by atoms with Crippen molar-refractivity contribution >= 4 is 29.3 Å². The van der Waals surface area contributed by atoms with Crippen molar-refractivity contribution in [2.75, 3.05) is 24.2 Å². The Morgan fingerprint density at radius 3 is 2.37 bits per heavy atom. The number of hydrogen-bond acceptors (Lipinski definition) is 3. The lowest BCUT2D eigenvalue weighted by Crippen LogP contribution is -2.29. The maximum absolute atomic E-state index is 12.7. The van der Waals surface area contributed by atoms with Crippen molar-refractivity contribution in [1.29, 1.82) is 0 Å². The molecule has 1 N–H and O–H groups in total.